The summed E-state index contributed by atoms with van der Waals surface area (Å²) in [6.45, 7) is 0. The lowest BCUT2D eigenvalue weighted by molar-refractivity contribution is -0.137. The fourth-order valence-electron chi connectivity index (χ4n) is 1.39. The van der Waals surface area contributed by atoms with Crippen molar-refractivity contribution in [3.05, 3.63) is 29.3 Å². The van der Waals surface area contributed by atoms with E-state index in [-0.39, 0.29) is 17.8 Å². The van der Waals surface area contributed by atoms with Gasteiger partial charge in [0.25, 0.3) is 0 Å². The summed E-state index contributed by atoms with van der Waals surface area (Å²) in [5.74, 6) is -0.328. The first-order valence-corrected chi connectivity index (χ1v) is 4.25. The Bertz CT molecular complexity index is 448. The molecule has 0 unspecified atom stereocenters. The Morgan fingerprint density at radius 2 is 2.00 bits per heavy atom. The third-order valence-corrected chi connectivity index (χ3v) is 2.13. The van der Waals surface area contributed by atoms with Gasteiger partial charge in [-0.3, -0.25) is 9.79 Å². The molecule has 0 N–H and O–H groups in total. The average Bonchev–Trinajstić information content (AvgIpc) is 2.16. The Morgan fingerprint density at radius 1 is 1.27 bits per heavy atom. The van der Waals surface area contributed by atoms with Crippen molar-refractivity contribution in [3.8, 4) is 0 Å². The molecular formula is C10H6F3NO. The molecule has 0 fully saturated rings. The minimum Gasteiger partial charge on any atom is -0.294 e. The van der Waals surface area contributed by atoms with Gasteiger partial charge in [-0.1, -0.05) is 0 Å². The number of hydrogen-bond acceptors (Lipinski definition) is 2. The molecule has 1 aliphatic heterocycles. The van der Waals surface area contributed by atoms with Gasteiger partial charge in [-0.2, -0.15) is 13.2 Å². The third kappa shape index (κ3) is 1.77. The van der Waals surface area contributed by atoms with Crippen LogP contribution in [0.4, 0.5) is 18.9 Å². The molecule has 5 heteroatoms. The van der Waals surface area contributed by atoms with E-state index in [1.165, 1.54) is 12.3 Å². The Kier molecular flexibility index (Phi) is 2.10. The van der Waals surface area contributed by atoms with Crippen LogP contribution in [0.1, 0.15) is 22.3 Å². The monoisotopic (exact) mass is 213 g/mol. The number of Topliss-reactive ketones (excluding diaryl/α,β-unsaturated/α-hetero) is 1. The summed E-state index contributed by atoms with van der Waals surface area (Å²) in [6.07, 6.45) is -2.96. The van der Waals surface area contributed by atoms with Crippen molar-refractivity contribution in [1.29, 1.82) is 0 Å². The van der Waals surface area contributed by atoms with Crippen molar-refractivity contribution < 1.29 is 18.0 Å². The average molecular weight is 213 g/mol. The second kappa shape index (κ2) is 3.18. The van der Waals surface area contributed by atoms with Crippen LogP contribution in [0.2, 0.25) is 0 Å². The maximum atomic E-state index is 12.3. The van der Waals surface area contributed by atoms with Crippen molar-refractivity contribution >= 4 is 17.7 Å². The van der Waals surface area contributed by atoms with E-state index >= 15 is 0 Å². The summed E-state index contributed by atoms with van der Waals surface area (Å²) in [6, 6.07) is 2.99. The van der Waals surface area contributed by atoms with Crippen molar-refractivity contribution in [1.82, 2.24) is 0 Å². The van der Waals surface area contributed by atoms with Gasteiger partial charge in [-0.15, -0.1) is 0 Å². The molecule has 0 aromatic heterocycles. The molecule has 1 heterocycles. The molecule has 1 aromatic carbocycles. The largest absolute Gasteiger partial charge is 0.416 e. The van der Waals surface area contributed by atoms with Crippen molar-refractivity contribution in [2.24, 2.45) is 4.99 Å². The summed E-state index contributed by atoms with van der Waals surface area (Å²) in [5, 5.41) is 0. The predicted molar refractivity (Wildman–Crippen MR) is 48.5 cm³/mol. The molecule has 2 rings (SSSR count). The van der Waals surface area contributed by atoms with Gasteiger partial charge in [0.15, 0.2) is 5.78 Å². The number of nitrogens with zero attached hydrogens (tertiary/aromatic N) is 1. The molecular weight excluding hydrogens is 207 g/mol. The van der Waals surface area contributed by atoms with Gasteiger partial charge in [0.1, 0.15) is 0 Å². The van der Waals surface area contributed by atoms with E-state index < -0.39 is 11.7 Å². The molecule has 0 aliphatic carbocycles. The fourth-order valence-corrected chi connectivity index (χ4v) is 1.39. The van der Waals surface area contributed by atoms with Gasteiger partial charge in [0.2, 0.25) is 0 Å². The summed E-state index contributed by atoms with van der Waals surface area (Å²) in [5.41, 5.74) is -0.460. The molecule has 2 nitrogen and oxygen atoms in total. The summed E-state index contributed by atoms with van der Waals surface area (Å²) in [7, 11) is 0. The highest BCUT2D eigenvalue weighted by Crippen LogP contribution is 2.33. The highest BCUT2D eigenvalue weighted by Gasteiger charge is 2.31. The lowest BCUT2D eigenvalue weighted by Gasteiger charge is -2.12. The Hall–Kier alpha value is -1.65. The van der Waals surface area contributed by atoms with Crippen LogP contribution in [-0.4, -0.2) is 12.0 Å². The van der Waals surface area contributed by atoms with Crippen LogP contribution in [0.25, 0.3) is 0 Å². The molecule has 0 atom stereocenters. The van der Waals surface area contributed by atoms with E-state index in [4.69, 9.17) is 0 Å². The van der Waals surface area contributed by atoms with Crippen LogP contribution in [0.5, 0.6) is 0 Å². The number of fused-ring (bicyclic) bond motifs is 1. The van der Waals surface area contributed by atoms with Crippen LogP contribution in [0.3, 0.4) is 0 Å². The lowest BCUT2D eigenvalue weighted by Crippen LogP contribution is -2.09. The first kappa shape index (κ1) is 9.89. The minimum absolute atomic E-state index is 0.0484. The maximum absolute atomic E-state index is 12.3. The highest BCUT2D eigenvalue weighted by atomic mass is 19.4. The van der Waals surface area contributed by atoms with Gasteiger partial charge in [0.05, 0.1) is 11.3 Å². The molecule has 0 saturated carbocycles. The topological polar surface area (TPSA) is 29.4 Å². The van der Waals surface area contributed by atoms with Crippen LogP contribution in [0, 0.1) is 0 Å². The minimum atomic E-state index is -4.42. The molecule has 1 aromatic rings. The fraction of sp³-hybridized carbons (Fsp3) is 0.200. The van der Waals surface area contributed by atoms with Crippen LogP contribution < -0.4 is 0 Å². The SMILES string of the molecule is O=C1CC=Nc2ccc(C(F)(F)F)cc21. The van der Waals surface area contributed by atoms with Gasteiger partial charge < -0.3 is 0 Å². The standard InChI is InChI=1S/C10H6F3NO/c11-10(12,13)6-1-2-8-7(5-6)9(15)3-4-14-8/h1-2,4-5H,3H2. The number of carbonyl (C=O) groups excluding carboxylic acids is 1. The normalized spacial score (nSPS) is 15.3. The number of alkyl halides is 3. The zero-order chi connectivity index (χ0) is 11.1. The highest BCUT2D eigenvalue weighted by molar-refractivity contribution is 6.10. The smallest absolute Gasteiger partial charge is 0.294 e. The van der Waals surface area contributed by atoms with Crippen molar-refractivity contribution in [3.63, 3.8) is 0 Å². The molecule has 0 spiro atoms. The van der Waals surface area contributed by atoms with Gasteiger partial charge in [0, 0.05) is 18.2 Å². The number of rotatable bonds is 0. The number of aliphatic imine (C=N–C) groups is 1. The number of benzene rings is 1. The zero-order valence-electron chi connectivity index (χ0n) is 7.51. The Balaban J connectivity index is 2.54. The molecule has 1 aliphatic rings. The van der Waals surface area contributed by atoms with Gasteiger partial charge in [-0.05, 0) is 18.2 Å². The quantitative estimate of drug-likeness (QED) is 0.651. The van der Waals surface area contributed by atoms with Gasteiger partial charge >= 0.3 is 6.18 Å². The molecule has 78 valence electrons. The van der Waals surface area contributed by atoms with Crippen LogP contribution in [0.15, 0.2) is 23.2 Å². The van der Waals surface area contributed by atoms with Crippen molar-refractivity contribution in [2.75, 3.05) is 0 Å². The summed E-state index contributed by atoms with van der Waals surface area (Å²) >= 11 is 0. The van der Waals surface area contributed by atoms with E-state index in [1.807, 2.05) is 0 Å². The predicted octanol–water partition coefficient (Wildman–Crippen LogP) is 2.99. The first-order chi connectivity index (χ1) is 6.98. The molecule has 0 amide bonds. The van der Waals surface area contributed by atoms with E-state index in [0.717, 1.165) is 12.1 Å². The molecule has 15 heavy (non-hydrogen) atoms. The zero-order valence-corrected chi connectivity index (χ0v) is 7.51. The maximum Gasteiger partial charge on any atom is 0.416 e. The number of ketones is 1. The Morgan fingerprint density at radius 3 is 2.67 bits per heavy atom. The van der Waals surface area contributed by atoms with E-state index in [1.54, 1.807) is 0 Å². The third-order valence-electron chi connectivity index (χ3n) is 2.13. The second-order valence-electron chi connectivity index (χ2n) is 3.17. The van der Waals surface area contributed by atoms with Crippen molar-refractivity contribution in [2.45, 2.75) is 12.6 Å². The van der Waals surface area contributed by atoms with Gasteiger partial charge in [-0.25, -0.2) is 0 Å². The number of hydrogen-bond donors (Lipinski definition) is 0. The lowest BCUT2D eigenvalue weighted by atomic mass is 10.0. The summed E-state index contributed by atoms with van der Waals surface area (Å²) < 4.78 is 37.0. The number of halogens is 3. The van der Waals surface area contributed by atoms with Crippen LogP contribution in [-0.2, 0) is 6.18 Å². The molecule has 0 radical (unpaired) electrons. The van der Waals surface area contributed by atoms with E-state index in [9.17, 15) is 18.0 Å². The van der Waals surface area contributed by atoms with E-state index in [2.05, 4.69) is 4.99 Å². The summed E-state index contributed by atoms with van der Waals surface area (Å²) in [4.78, 5) is 15.2. The second-order valence-corrected chi connectivity index (χ2v) is 3.17. The first-order valence-electron chi connectivity index (χ1n) is 4.25. The Labute approximate surface area is 83.4 Å². The number of carbonyl (C=O) groups is 1. The molecule has 0 bridgehead atoms. The van der Waals surface area contributed by atoms with Crippen LogP contribution >= 0.6 is 0 Å². The molecule has 0 saturated heterocycles. The van der Waals surface area contributed by atoms with E-state index in [0.29, 0.717) is 5.69 Å².